The van der Waals surface area contributed by atoms with Gasteiger partial charge in [-0.2, -0.15) is 0 Å². The molecular weight excluding hydrogens is 216 g/mol. The molecule has 0 aromatic rings. The molecule has 2 fully saturated rings. The van der Waals surface area contributed by atoms with Crippen LogP contribution >= 0.6 is 0 Å². The average Bonchev–Trinajstić information content (AvgIpc) is 2.67. The number of rotatable bonds is 2. The molecule has 0 unspecified atom stereocenters. The maximum atomic E-state index is 11.4. The van der Waals surface area contributed by atoms with Crippen molar-refractivity contribution in [3.05, 3.63) is 0 Å². The third kappa shape index (κ3) is 3.42. The monoisotopic (exact) mass is 240 g/mol. The molecule has 2 heterocycles. The van der Waals surface area contributed by atoms with E-state index in [1.54, 1.807) is 4.90 Å². The first kappa shape index (κ1) is 12.8. The molecule has 0 aromatic carbocycles. The predicted molar refractivity (Wildman–Crippen MR) is 66.7 cm³/mol. The Labute approximate surface area is 104 Å². The van der Waals surface area contributed by atoms with Crippen LogP contribution in [-0.2, 0) is 4.79 Å². The molecule has 0 bridgehead atoms. The molecule has 17 heavy (non-hydrogen) atoms. The van der Waals surface area contributed by atoms with Gasteiger partial charge in [-0.05, 0) is 38.8 Å². The maximum absolute atomic E-state index is 11.4. The summed E-state index contributed by atoms with van der Waals surface area (Å²) in [7, 11) is 0. The third-order valence-electron chi connectivity index (χ3n) is 4.11. The van der Waals surface area contributed by atoms with Crippen molar-refractivity contribution in [3.8, 4) is 0 Å². The molecule has 0 atom stereocenters. The number of likely N-dealkylation sites (tertiary alicyclic amines) is 2. The Bertz CT molecular complexity index is 242. The number of piperidine rings is 1. The van der Waals surface area contributed by atoms with Crippen LogP contribution in [0.3, 0.4) is 0 Å². The largest absolute Gasteiger partial charge is 0.387 e. The van der Waals surface area contributed by atoms with Crippen molar-refractivity contribution in [2.45, 2.75) is 44.6 Å². The van der Waals surface area contributed by atoms with E-state index >= 15 is 0 Å². The van der Waals surface area contributed by atoms with Crippen molar-refractivity contribution < 1.29 is 9.90 Å². The fraction of sp³-hybridized carbons (Fsp3) is 0.923. The Morgan fingerprint density at radius 1 is 1.00 bits per heavy atom. The molecule has 0 spiro atoms. The second-order valence-electron chi connectivity index (χ2n) is 5.22. The van der Waals surface area contributed by atoms with Crippen molar-refractivity contribution in [3.63, 3.8) is 0 Å². The molecule has 0 saturated carbocycles. The van der Waals surface area contributed by atoms with Crippen molar-refractivity contribution in [2.24, 2.45) is 0 Å². The first-order valence-corrected chi connectivity index (χ1v) is 6.94. The Morgan fingerprint density at radius 2 is 1.59 bits per heavy atom. The van der Waals surface area contributed by atoms with Gasteiger partial charge in [-0.15, -0.1) is 0 Å². The van der Waals surface area contributed by atoms with Crippen molar-refractivity contribution in [2.75, 3.05) is 32.8 Å². The lowest BCUT2D eigenvalue weighted by molar-refractivity contribution is -0.135. The number of aliphatic hydroxyl groups is 1. The van der Waals surface area contributed by atoms with Crippen molar-refractivity contribution in [1.29, 1.82) is 0 Å². The number of nitrogens with zero attached hydrogens (tertiary/aromatic N) is 2. The van der Waals surface area contributed by atoms with Gasteiger partial charge in [0.2, 0.25) is 5.91 Å². The number of hydrogen-bond donors (Lipinski definition) is 1. The summed E-state index contributed by atoms with van der Waals surface area (Å²) >= 11 is 0. The number of amides is 1. The lowest BCUT2D eigenvalue weighted by Crippen LogP contribution is -2.47. The maximum Gasteiger partial charge on any atom is 0.248 e. The highest BCUT2D eigenvalue weighted by Gasteiger charge is 2.26. The van der Waals surface area contributed by atoms with Crippen LogP contribution in [0.15, 0.2) is 0 Å². The van der Waals surface area contributed by atoms with Crippen LogP contribution in [0, 0.1) is 0 Å². The van der Waals surface area contributed by atoms with E-state index in [0.717, 1.165) is 25.9 Å². The van der Waals surface area contributed by atoms with Gasteiger partial charge in [0.15, 0.2) is 0 Å². The molecule has 2 rings (SSSR count). The van der Waals surface area contributed by atoms with Crippen LogP contribution in [0.1, 0.15) is 38.5 Å². The van der Waals surface area contributed by atoms with Gasteiger partial charge in [0.25, 0.3) is 0 Å². The van der Waals surface area contributed by atoms with Gasteiger partial charge >= 0.3 is 0 Å². The number of hydrogen-bond acceptors (Lipinski definition) is 3. The highest BCUT2D eigenvalue weighted by Crippen LogP contribution is 2.20. The smallest absolute Gasteiger partial charge is 0.248 e. The van der Waals surface area contributed by atoms with Crippen LogP contribution in [-0.4, -0.2) is 59.6 Å². The zero-order chi connectivity index (χ0) is 12.1. The van der Waals surface area contributed by atoms with Crippen LogP contribution in [0.5, 0.6) is 0 Å². The van der Waals surface area contributed by atoms with Gasteiger partial charge in [0.05, 0.1) is 0 Å². The Hall–Kier alpha value is -0.610. The Morgan fingerprint density at radius 3 is 2.12 bits per heavy atom. The molecule has 2 aliphatic heterocycles. The summed E-state index contributed by atoms with van der Waals surface area (Å²) < 4.78 is 0. The number of aliphatic hydroxyl groups excluding tert-OH is 1. The second kappa shape index (κ2) is 6.36. The SMILES string of the molecule is O=C(CO)N1CCC(N2CCCCCC2)CC1. The lowest BCUT2D eigenvalue weighted by Gasteiger charge is -2.38. The van der Waals surface area contributed by atoms with Gasteiger partial charge in [-0.1, -0.05) is 12.8 Å². The summed E-state index contributed by atoms with van der Waals surface area (Å²) in [5.74, 6) is -0.112. The van der Waals surface area contributed by atoms with Gasteiger partial charge in [-0.25, -0.2) is 0 Å². The van der Waals surface area contributed by atoms with Gasteiger partial charge in [0.1, 0.15) is 6.61 Å². The minimum atomic E-state index is -0.339. The van der Waals surface area contributed by atoms with E-state index in [2.05, 4.69) is 4.90 Å². The Kier molecular flexibility index (Phi) is 4.80. The molecule has 1 N–H and O–H groups in total. The van der Waals surface area contributed by atoms with E-state index < -0.39 is 0 Å². The molecular formula is C13H24N2O2. The molecule has 98 valence electrons. The molecule has 4 nitrogen and oxygen atoms in total. The van der Waals surface area contributed by atoms with Crippen molar-refractivity contribution in [1.82, 2.24) is 9.80 Å². The number of carbonyl (C=O) groups excluding carboxylic acids is 1. The lowest BCUT2D eigenvalue weighted by atomic mass is 10.0. The molecule has 4 heteroatoms. The van der Waals surface area contributed by atoms with Gasteiger partial charge < -0.3 is 14.9 Å². The highest BCUT2D eigenvalue weighted by molar-refractivity contribution is 5.77. The van der Waals surface area contributed by atoms with E-state index in [9.17, 15) is 4.79 Å². The summed E-state index contributed by atoms with van der Waals surface area (Å²) in [6.45, 7) is 3.77. The minimum absolute atomic E-state index is 0.112. The van der Waals surface area contributed by atoms with Gasteiger partial charge in [-0.3, -0.25) is 4.79 Å². The third-order valence-corrected chi connectivity index (χ3v) is 4.11. The standard InChI is InChI=1S/C13H24N2O2/c16-11-13(17)15-9-5-12(6-10-15)14-7-3-1-2-4-8-14/h12,16H,1-11H2. The molecule has 0 aromatic heterocycles. The number of carbonyl (C=O) groups is 1. The van der Waals surface area contributed by atoms with Crippen LogP contribution in [0.4, 0.5) is 0 Å². The summed E-state index contributed by atoms with van der Waals surface area (Å²) in [5.41, 5.74) is 0. The highest BCUT2D eigenvalue weighted by atomic mass is 16.3. The fourth-order valence-electron chi connectivity index (χ4n) is 3.04. The van der Waals surface area contributed by atoms with E-state index in [0.29, 0.717) is 6.04 Å². The Balaban J connectivity index is 1.79. The topological polar surface area (TPSA) is 43.8 Å². The van der Waals surface area contributed by atoms with Crippen molar-refractivity contribution >= 4 is 5.91 Å². The fourth-order valence-corrected chi connectivity index (χ4v) is 3.04. The molecule has 0 radical (unpaired) electrons. The first-order valence-electron chi connectivity index (χ1n) is 6.94. The normalized spacial score (nSPS) is 24.6. The summed E-state index contributed by atoms with van der Waals surface area (Å²) in [6.07, 6.45) is 7.56. The minimum Gasteiger partial charge on any atom is -0.387 e. The predicted octanol–water partition coefficient (Wildman–Crippen LogP) is 0.846. The quantitative estimate of drug-likeness (QED) is 0.778. The average molecular weight is 240 g/mol. The van der Waals surface area contributed by atoms with Crippen LogP contribution in [0.2, 0.25) is 0 Å². The van der Waals surface area contributed by atoms with E-state index in [1.165, 1.54) is 38.8 Å². The van der Waals surface area contributed by atoms with Gasteiger partial charge in [0, 0.05) is 19.1 Å². The molecule has 1 amide bonds. The van der Waals surface area contributed by atoms with Crippen LogP contribution < -0.4 is 0 Å². The first-order chi connectivity index (χ1) is 8.31. The second-order valence-corrected chi connectivity index (χ2v) is 5.22. The van der Waals surface area contributed by atoms with E-state index in [4.69, 9.17) is 5.11 Å². The molecule has 0 aliphatic carbocycles. The van der Waals surface area contributed by atoms with E-state index in [-0.39, 0.29) is 12.5 Å². The zero-order valence-corrected chi connectivity index (χ0v) is 10.6. The summed E-state index contributed by atoms with van der Waals surface area (Å²) in [5, 5.41) is 8.84. The zero-order valence-electron chi connectivity index (χ0n) is 10.6. The van der Waals surface area contributed by atoms with E-state index in [1.807, 2.05) is 0 Å². The molecule has 2 aliphatic rings. The van der Waals surface area contributed by atoms with Crippen LogP contribution in [0.25, 0.3) is 0 Å². The summed E-state index contributed by atoms with van der Waals surface area (Å²) in [6, 6.07) is 0.663. The summed E-state index contributed by atoms with van der Waals surface area (Å²) in [4.78, 5) is 15.8. The molecule has 2 saturated heterocycles.